The van der Waals surface area contributed by atoms with Crippen LogP contribution in [0.15, 0.2) is 48.8 Å². The molecular formula is C16H15N3O. The molecule has 0 aliphatic carbocycles. The Kier molecular flexibility index (Phi) is 3.31. The van der Waals surface area contributed by atoms with Crippen LogP contribution in [0.1, 0.15) is 21.5 Å². The molecular weight excluding hydrogens is 250 g/mol. The molecule has 0 saturated heterocycles. The van der Waals surface area contributed by atoms with E-state index in [9.17, 15) is 4.79 Å². The number of rotatable bonds is 4. The molecule has 0 saturated carbocycles. The highest BCUT2D eigenvalue weighted by molar-refractivity contribution is 6.10. The first-order valence-electron chi connectivity index (χ1n) is 6.55. The lowest BCUT2D eigenvalue weighted by molar-refractivity contribution is 0.103. The number of hydrogen-bond acceptors (Lipinski definition) is 3. The third-order valence-corrected chi connectivity index (χ3v) is 3.33. The Hall–Kier alpha value is -2.46. The number of nitrogens with zero attached hydrogens (tertiary/aromatic N) is 1. The number of aromatic nitrogens is 2. The summed E-state index contributed by atoms with van der Waals surface area (Å²) < 4.78 is 0. The molecule has 0 spiro atoms. The topological polar surface area (TPSA) is 71.8 Å². The van der Waals surface area contributed by atoms with Gasteiger partial charge in [-0.3, -0.25) is 4.79 Å². The third-order valence-electron chi connectivity index (χ3n) is 3.33. The van der Waals surface area contributed by atoms with Gasteiger partial charge in [0, 0.05) is 11.1 Å². The normalized spacial score (nSPS) is 10.8. The summed E-state index contributed by atoms with van der Waals surface area (Å²) in [6.45, 7) is 0.615. The molecule has 0 bridgehead atoms. The summed E-state index contributed by atoms with van der Waals surface area (Å²) in [7, 11) is 0. The fourth-order valence-corrected chi connectivity index (χ4v) is 2.23. The maximum Gasteiger partial charge on any atom is 0.193 e. The van der Waals surface area contributed by atoms with Gasteiger partial charge in [-0.1, -0.05) is 24.3 Å². The second-order valence-electron chi connectivity index (χ2n) is 4.70. The molecule has 0 amide bonds. The summed E-state index contributed by atoms with van der Waals surface area (Å²) >= 11 is 0. The number of aromatic amines is 1. The molecule has 2 aromatic carbocycles. The Bertz CT molecular complexity index is 744. The van der Waals surface area contributed by atoms with Crippen LogP contribution in [-0.2, 0) is 6.42 Å². The first kappa shape index (κ1) is 12.6. The third kappa shape index (κ3) is 2.33. The molecule has 0 aliphatic heterocycles. The van der Waals surface area contributed by atoms with Crippen LogP contribution < -0.4 is 5.73 Å². The fourth-order valence-electron chi connectivity index (χ4n) is 2.23. The number of fused-ring (bicyclic) bond motifs is 1. The van der Waals surface area contributed by atoms with Crippen LogP contribution in [-0.4, -0.2) is 22.3 Å². The number of hydrogen-bond donors (Lipinski definition) is 2. The maximum atomic E-state index is 12.4. The van der Waals surface area contributed by atoms with Crippen LogP contribution in [0.5, 0.6) is 0 Å². The van der Waals surface area contributed by atoms with E-state index in [1.807, 2.05) is 36.4 Å². The van der Waals surface area contributed by atoms with Gasteiger partial charge in [0.1, 0.15) is 0 Å². The molecule has 0 fully saturated rings. The number of carbonyl (C=O) groups is 1. The van der Waals surface area contributed by atoms with Crippen molar-refractivity contribution in [3.8, 4) is 0 Å². The van der Waals surface area contributed by atoms with E-state index in [2.05, 4.69) is 9.97 Å². The highest BCUT2D eigenvalue weighted by Crippen LogP contribution is 2.16. The molecule has 1 heterocycles. The molecule has 3 rings (SSSR count). The van der Waals surface area contributed by atoms with E-state index in [0.29, 0.717) is 17.7 Å². The number of nitrogens with two attached hydrogens (primary N) is 1. The van der Waals surface area contributed by atoms with E-state index < -0.39 is 0 Å². The van der Waals surface area contributed by atoms with Crippen molar-refractivity contribution in [2.45, 2.75) is 6.42 Å². The van der Waals surface area contributed by atoms with E-state index in [1.165, 1.54) is 0 Å². The second-order valence-corrected chi connectivity index (χ2v) is 4.70. The van der Waals surface area contributed by atoms with Crippen LogP contribution in [0, 0.1) is 0 Å². The van der Waals surface area contributed by atoms with Gasteiger partial charge in [0.25, 0.3) is 0 Å². The van der Waals surface area contributed by atoms with Gasteiger partial charge in [-0.15, -0.1) is 0 Å². The van der Waals surface area contributed by atoms with Crippen molar-refractivity contribution >= 4 is 16.8 Å². The Labute approximate surface area is 116 Å². The summed E-state index contributed by atoms with van der Waals surface area (Å²) in [5.74, 6) is 0.0146. The van der Waals surface area contributed by atoms with E-state index >= 15 is 0 Å². The summed E-state index contributed by atoms with van der Waals surface area (Å²) in [4.78, 5) is 19.6. The van der Waals surface area contributed by atoms with Crippen LogP contribution >= 0.6 is 0 Å². The van der Waals surface area contributed by atoms with Crippen LogP contribution in [0.3, 0.4) is 0 Å². The number of nitrogens with one attached hydrogen (secondary N) is 1. The lowest BCUT2D eigenvalue weighted by Gasteiger charge is -2.03. The minimum absolute atomic E-state index is 0.0146. The van der Waals surface area contributed by atoms with Crippen molar-refractivity contribution in [1.29, 1.82) is 0 Å². The quantitative estimate of drug-likeness (QED) is 0.711. The molecule has 3 aromatic rings. The molecule has 3 N–H and O–H groups in total. The molecule has 0 atom stereocenters. The Morgan fingerprint density at radius 3 is 2.60 bits per heavy atom. The summed E-state index contributed by atoms with van der Waals surface area (Å²) in [6, 6.07) is 13.1. The van der Waals surface area contributed by atoms with Crippen molar-refractivity contribution in [1.82, 2.24) is 9.97 Å². The Morgan fingerprint density at radius 1 is 1.10 bits per heavy atom. The monoisotopic (exact) mass is 265 g/mol. The summed E-state index contributed by atoms with van der Waals surface area (Å²) in [6.07, 6.45) is 2.45. The Morgan fingerprint density at radius 2 is 1.85 bits per heavy atom. The lowest BCUT2D eigenvalue weighted by atomic mass is 10.0. The maximum absolute atomic E-state index is 12.4. The van der Waals surface area contributed by atoms with Crippen LogP contribution in [0.25, 0.3) is 11.0 Å². The standard InChI is InChI=1S/C16H15N3O/c17-8-7-11-1-3-12(4-2-11)16(20)13-5-6-14-15(9-13)19-10-18-14/h1-6,9-10H,7-8,17H2,(H,18,19). The molecule has 20 heavy (non-hydrogen) atoms. The van der Waals surface area contributed by atoms with Crippen molar-refractivity contribution in [3.63, 3.8) is 0 Å². The molecule has 0 unspecified atom stereocenters. The number of carbonyl (C=O) groups excluding carboxylic acids is 1. The predicted octanol–water partition coefficient (Wildman–Crippen LogP) is 2.30. The number of ketones is 1. The Balaban J connectivity index is 1.90. The number of H-pyrrole nitrogens is 1. The second kappa shape index (κ2) is 5.27. The summed E-state index contributed by atoms with van der Waals surface area (Å²) in [5, 5.41) is 0. The van der Waals surface area contributed by atoms with Gasteiger partial charge in [-0.05, 0) is 36.7 Å². The molecule has 100 valence electrons. The van der Waals surface area contributed by atoms with Crippen molar-refractivity contribution in [2.24, 2.45) is 5.73 Å². The van der Waals surface area contributed by atoms with Crippen molar-refractivity contribution in [2.75, 3.05) is 6.54 Å². The van der Waals surface area contributed by atoms with Gasteiger partial charge < -0.3 is 10.7 Å². The summed E-state index contributed by atoms with van der Waals surface area (Å²) in [5.41, 5.74) is 9.74. The van der Waals surface area contributed by atoms with Gasteiger partial charge in [0.2, 0.25) is 0 Å². The molecule has 1 aromatic heterocycles. The minimum Gasteiger partial charge on any atom is -0.345 e. The first-order valence-corrected chi connectivity index (χ1v) is 6.55. The average Bonchev–Trinajstić information content (AvgIpc) is 2.95. The molecule has 0 aliphatic rings. The van der Waals surface area contributed by atoms with Crippen molar-refractivity contribution in [3.05, 3.63) is 65.5 Å². The van der Waals surface area contributed by atoms with Gasteiger partial charge in [0.05, 0.1) is 17.4 Å². The molecule has 4 nitrogen and oxygen atoms in total. The predicted molar refractivity (Wildman–Crippen MR) is 78.7 cm³/mol. The average molecular weight is 265 g/mol. The van der Waals surface area contributed by atoms with Crippen LogP contribution in [0.4, 0.5) is 0 Å². The van der Waals surface area contributed by atoms with E-state index in [4.69, 9.17) is 5.73 Å². The smallest absolute Gasteiger partial charge is 0.193 e. The molecule has 0 radical (unpaired) electrons. The zero-order valence-electron chi connectivity index (χ0n) is 11.0. The van der Waals surface area contributed by atoms with E-state index in [-0.39, 0.29) is 5.78 Å². The highest BCUT2D eigenvalue weighted by atomic mass is 16.1. The van der Waals surface area contributed by atoms with Gasteiger partial charge in [-0.25, -0.2) is 4.98 Å². The molecule has 4 heteroatoms. The van der Waals surface area contributed by atoms with Gasteiger partial charge in [-0.2, -0.15) is 0 Å². The first-order chi connectivity index (χ1) is 9.78. The van der Waals surface area contributed by atoms with Crippen molar-refractivity contribution < 1.29 is 4.79 Å². The lowest BCUT2D eigenvalue weighted by Crippen LogP contribution is -2.04. The minimum atomic E-state index is 0.0146. The fraction of sp³-hybridized carbons (Fsp3) is 0.125. The van der Waals surface area contributed by atoms with E-state index in [0.717, 1.165) is 23.0 Å². The van der Waals surface area contributed by atoms with E-state index in [1.54, 1.807) is 12.4 Å². The largest absolute Gasteiger partial charge is 0.345 e. The zero-order chi connectivity index (χ0) is 13.9. The SMILES string of the molecule is NCCc1ccc(C(=O)c2ccc3nc[nH]c3c2)cc1. The van der Waals surface area contributed by atoms with Gasteiger partial charge >= 0.3 is 0 Å². The zero-order valence-corrected chi connectivity index (χ0v) is 11.0. The number of imidazole rings is 1. The number of benzene rings is 2. The highest BCUT2D eigenvalue weighted by Gasteiger charge is 2.10. The van der Waals surface area contributed by atoms with Crippen LogP contribution in [0.2, 0.25) is 0 Å². The van der Waals surface area contributed by atoms with Gasteiger partial charge in [0.15, 0.2) is 5.78 Å².